The molecule has 0 saturated heterocycles. The molecule has 100 valence electrons. The number of hydrogen-bond acceptors (Lipinski definition) is 2. The largest absolute Gasteiger partial charge is 0.341 e. The number of hydrogen-bond donors (Lipinski definition) is 1. The molecule has 0 aromatic heterocycles. The number of benzene rings is 1. The first-order chi connectivity index (χ1) is 8.28. The second kappa shape index (κ2) is 6.04. The van der Waals surface area contributed by atoms with Crippen LogP contribution >= 0.6 is 27.5 Å². The van der Waals surface area contributed by atoms with Crippen LogP contribution in [0.3, 0.4) is 0 Å². The molecular weight excluding hydrogens is 316 g/mol. The third-order valence-corrected chi connectivity index (χ3v) is 4.04. The van der Waals surface area contributed by atoms with Gasteiger partial charge in [0.25, 0.3) is 5.91 Å². The fourth-order valence-corrected chi connectivity index (χ4v) is 2.23. The molecule has 0 saturated carbocycles. The molecule has 0 atom stereocenters. The van der Waals surface area contributed by atoms with Crippen molar-refractivity contribution in [2.45, 2.75) is 13.8 Å². The predicted molar refractivity (Wildman–Crippen MR) is 78.9 cm³/mol. The molecule has 1 amide bonds. The van der Waals surface area contributed by atoms with Crippen LogP contribution in [-0.2, 0) is 0 Å². The number of rotatable bonds is 4. The maximum atomic E-state index is 12.3. The summed E-state index contributed by atoms with van der Waals surface area (Å²) in [6.07, 6.45) is 0. The van der Waals surface area contributed by atoms with Gasteiger partial charge in [0.1, 0.15) is 0 Å². The number of carbonyl (C=O) groups excluding carboxylic acids is 1. The number of amides is 1. The number of nitrogens with zero attached hydrogens (tertiary/aromatic N) is 1. The van der Waals surface area contributed by atoms with Crippen LogP contribution in [0.2, 0.25) is 5.02 Å². The van der Waals surface area contributed by atoms with Gasteiger partial charge >= 0.3 is 0 Å². The molecule has 0 heterocycles. The minimum atomic E-state index is -0.108. The van der Waals surface area contributed by atoms with E-state index >= 15 is 0 Å². The van der Waals surface area contributed by atoms with Crippen molar-refractivity contribution in [2.24, 2.45) is 11.1 Å². The number of nitrogens with two attached hydrogens (primary N) is 1. The van der Waals surface area contributed by atoms with E-state index in [4.69, 9.17) is 17.3 Å². The summed E-state index contributed by atoms with van der Waals surface area (Å²) >= 11 is 9.43. The van der Waals surface area contributed by atoms with Crippen molar-refractivity contribution >= 4 is 33.4 Å². The summed E-state index contributed by atoms with van der Waals surface area (Å²) in [6.45, 7) is 5.17. The Hall–Kier alpha value is -0.580. The Labute approximate surface area is 121 Å². The molecule has 0 radical (unpaired) electrons. The molecule has 1 aromatic carbocycles. The molecule has 0 bridgehead atoms. The molecule has 2 N–H and O–H groups in total. The standard InChI is InChI=1S/C13H18BrClN2O/c1-13(2,7-16)8-17(3)12(18)9-5-4-6-10(14)11(9)15/h4-6H,7-8,16H2,1-3H3. The highest BCUT2D eigenvalue weighted by molar-refractivity contribution is 9.10. The van der Waals surface area contributed by atoms with Crippen molar-refractivity contribution in [3.8, 4) is 0 Å². The monoisotopic (exact) mass is 332 g/mol. The van der Waals surface area contributed by atoms with Gasteiger partial charge in [0, 0.05) is 18.1 Å². The van der Waals surface area contributed by atoms with E-state index in [2.05, 4.69) is 15.9 Å². The van der Waals surface area contributed by atoms with Gasteiger partial charge in [-0.1, -0.05) is 31.5 Å². The third kappa shape index (κ3) is 3.70. The molecule has 0 unspecified atom stereocenters. The summed E-state index contributed by atoms with van der Waals surface area (Å²) in [5, 5.41) is 0.444. The molecule has 0 spiro atoms. The lowest BCUT2D eigenvalue weighted by atomic mass is 9.93. The van der Waals surface area contributed by atoms with Gasteiger partial charge in [-0.05, 0) is 40.0 Å². The highest BCUT2D eigenvalue weighted by Gasteiger charge is 2.23. The Bertz CT molecular complexity index is 449. The van der Waals surface area contributed by atoms with Crippen LogP contribution in [0.25, 0.3) is 0 Å². The number of carbonyl (C=O) groups is 1. The average Bonchev–Trinajstić information content (AvgIpc) is 2.31. The van der Waals surface area contributed by atoms with Gasteiger partial charge in [0.2, 0.25) is 0 Å². The fraction of sp³-hybridized carbons (Fsp3) is 0.462. The fourth-order valence-electron chi connectivity index (χ4n) is 1.65. The smallest absolute Gasteiger partial charge is 0.255 e. The first kappa shape index (κ1) is 15.5. The maximum Gasteiger partial charge on any atom is 0.255 e. The summed E-state index contributed by atoms with van der Waals surface area (Å²) < 4.78 is 0.724. The predicted octanol–water partition coefficient (Wildman–Crippen LogP) is 3.16. The minimum Gasteiger partial charge on any atom is -0.341 e. The molecule has 1 aromatic rings. The van der Waals surface area contributed by atoms with Crippen molar-refractivity contribution in [1.29, 1.82) is 0 Å². The molecule has 1 rings (SSSR count). The quantitative estimate of drug-likeness (QED) is 0.920. The van der Waals surface area contributed by atoms with Crippen molar-refractivity contribution in [1.82, 2.24) is 4.90 Å². The van der Waals surface area contributed by atoms with Crippen molar-refractivity contribution in [2.75, 3.05) is 20.1 Å². The van der Waals surface area contributed by atoms with E-state index in [-0.39, 0.29) is 11.3 Å². The highest BCUT2D eigenvalue weighted by atomic mass is 79.9. The van der Waals surface area contributed by atoms with Crippen LogP contribution in [0.1, 0.15) is 24.2 Å². The van der Waals surface area contributed by atoms with Gasteiger partial charge in [0.15, 0.2) is 0 Å². The minimum absolute atomic E-state index is 0.0946. The van der Waals surface area contributed by atoms with Crippen LogP contribution in [-0.4, -0.2) is 30.9 Å². The second-order valence-electron chi connectivity index (χ2n) is 5.13. The van der Waals surface area contributed by atoms with Gasteiger partial charge in [-0.15, -0.1) is 0 Å². The first-order valence-corrected chi connectivity index (χ1v) is 6.85. The second-order valence-corrected chi connectivity index (χ2v) is 6.36. The van der Waals surface area contributed by atoms with E-state index < -0.39 is 0 Å². The highest BCUT2D eigenvalue weighted by Crippen LogP contribution is 2.27. The first-order valence-electron chi connectivity index (χ1n) is 5.68. The Balaban J connectivity index is 2.91. The van der Waals surface area contributed by atoms with Crippen LogP contribution in [0.15, 0.2) is 22.7 Å². The molecular formula is C13H18BrClN2O. The average molecular weight is 334 g/mol. The summed E-state index contributed by atoms with van der Waals surface area (Å²) in [4.78, 5) is 13.9. The molecule has 3 nitrogen and oxygen atoms in total. The SMILES string of the molecule is CN(CC(C)(C)CN)C(=O)c1cccc(Br)c1Cl. The zero-order valence-corrected chi connectivity index (χ0v) is 13.2. The van der Waals surface area contributed by atoms with Gasteiger partial charge in [-0.25, -0.2) is 0 Å². The molecule has 0 aliphatic carbocycles. The van der Waals surface area contributed by atoms with Crippen molar-refractivity contribution in [3.63, 3.8) is 0 Å². The van der Waals surface area contributed by atoms with E-state index in [1.807, 2.05) is 19.9 Å². The molecule has 5 heteroatoms. The Morgan fingerprint density at radius 1 is 1.50 bits per heavy atom. The van der Waals surface area contributed by atoms with Crippen LogP contribution in [0, 0.1) is 5.41 Å². The van der Waals surface area contributed by atoms with E-state index in [0.29, 0.717) is 23.7 Å². The van der Waals surface area contributed by atoms with Gasteiger partial charge in [-0.2, -0.15) is 0 Å². The van der Waals surface area contributed by atoms with Gasteiger partial charge in [0.05, 0.1) is 10.6 Å². The summed E-state index contributed by atoms with van der Waals surface area (Å²) in [6, 6.07) is 5.33. The van der Waals surface area contributed by atoms with E-state index in [1.165, 1.54) is 0 Å². The number of halogens is 2. The lowest BCUT2D eigenvalue weighted by Gasteiger charge is -2.29. The molecule has 0 aliphatic heterocycles. The van der Waals surface area contributed by atoms with Crippen molar-refractivity contribution in [3.05, 3.63) is 33.3 Å². The summed E-state index contributed by atoms with van der Waals surface area (Å²) in [5.41, 5.74) is 6.07. The summed E-state index contributed by atoms with van der Waals surface area (Å²) in [7, 11) is 1.76. The normalized spacial score (nSPS) is 11.4. The Morgan fingerprint density at radius 3 is 2.67 bits per heavy atom. The Morgan fingerprint density at radius 2 is 2.11 bits per heavy atom. The van der Waals surface area contributed by atoms with E-state index in [9.17, 15) is 4.79 Å². The van der Waals surface area contributed by atoms with Gasteiger partial charge in [-0.3, -0.25) is 4.79 Å². The maximum absolute atomic E-state index is 12.3. The lowest BCUT2D eigenvalue weighted by Crippen LogP contribution is -2.39. The van der Waals surface area contributed by atoms with Crippen LogP contribution in [0.5, 0.6) is 0 Å². The molecule has 0 aliphatic rings. The molecule has 18 heavy (non-hydrogen) atoms. The molecule has 0 fully saturated rings. The van der Waals surface area contributed by atoms with Gasteiger partial charge < -0.3 is 10.6 Å². The van der Waals surface area contributed by atoms with Crippen LogP contribution in [0.4, 0.5) is 0 Å². The van der Waals surface area contributed by atoms with E-state index in [0.717, 1.165) is 4.47 Å². The Kier molecular flexibility index (Phi) is 5.20. The summed E-state index contributed by atoms with van der Waals surface area (Å²) in [5.74, 6) is -0.0946. The van der Waals surface area contributed by atoms with E-state index in [1.54, 1.807) is 24.1 Å². The third-order valence-electron chi connectivity index (χ3n) is 2.75. The zero-order chi connectivity index (χ0) is 13.9. The lowest BCUT2D eigenvalue weighted by molar-refractivity contribution is 0.0740. The van der Waals surface area contributed by atoms with Crippen LogP contribution < -0.4 is 5.73 Å². The zero-order valence-electron chi connectivity index (χ0n) is 10.8. The van der Waals surface area contributed by atoms with Crippen molar-refractivity contribution < 1.29 is 4.79 Å². The topological polar surface area (TPSA) is 46.3 Å².